The molecule has 1 unspecified atom stereocenters. The van der Waals surface area contributed by atoms with Gasteiger partial charge in [0.25, 0.3) is 10.1 Å². The standard InChI is InChI=1S/C15H26O7S.Mg.2H/c1-3-5-6-7-9-13(12-22-14(16)8-4-2)15(17)21-10-11-23(18,19)20;;;/h4,8,13H,3,5-7,9-12H2,1-2H3,(H,18,19,20);;;. The Balaban J connectivity index is 0. The van der Waals surface area contributed by atoms with Crippen molar-refractivity contribution in [3.8, 4) is 0 Å². The van der Waals surface area contributed by atoms with Gasteiger partial charge in [0.2, 0.25) is 0 Å². The average Bonchev–Trinajstić information content (AvgIpc) is 2.45. The van der Waals surface area contributed by atoms with Crippen LogP contribution in [0.4, 0.5) is 0 Å². The zero-order chi connectivity index (χ0) is 17.7. The number of ether oxygens (including phenoxy) is 2. The molecule has 0 fully saturated rings. The first kappa shape index (κ1) is 25.6. The lowest BCUT2D eigenvalue weighted by Crippen LogP contribution is -2.26. The lowest BCUT2D eigenvalue weighted by atomic mass is 10.0. The first-order valence-corrected chi connectivity index (χ1v) is 9.32. The van der Waals surface area contributed by atoms with Gasteiger partial charge in [-0.1, -0.05) is 38.7 Å². The summed E-state index contributed by atoms with van der Waals surface area (Å²) in [6, 6.07) is 0. The number of hydrogen-bond acceptors (Lipinski definition) is 6. The van der Waals surface area contributed by atoms with Gasteiger partial charge in [0, 0.05) is 6.08 Å². The topological polar surface area (TPSA) is 107 Å². The Labute approximate surface area is 160 Å². The molecule has 0 saturated heterocycles. The summed E-state index contributed by atoms with van der Waals surface area (Å²) in [4.78, 5) is 23.3. The van der Waals surface area contributed by atoms with Crippen LogP contribution in [-0.4, -0.2) is 66.9 Å². The van der Waals surface area contributed by atoms with Crippen LogP contribution < -0.4 is 0 Å². The molecule has 1 atom stereocenters. The summed E-state index contributed by atoms with van der Waals surface area (Å²) in [5.74, 6) is -2.46. The molecule has 0 aliphatic carbocycles. The fraction of sp³-hybridized carbons (Fsp3) is 0.733. The molecule has 0 aromatic rings. The Morgan fingerprint density at radius 3 is 2.38 bits per heavy atom. The van der Waals surface area contributed by atoms with Crippen LogP contribution in [0.2, 0.25) is 0 Å². The van der Waals surface area contributed by atoms with E-state index in [4.69, 9.17) is 14.0 Å². The van der Waals surface area contributed by atoms with Gasteiger partial charge in [0.1, 0.15) is 19.0 Å². The molecular weight excluding hydrogens is 349 g/mol. The van der Waals surface area contributed by atoms with E-state index in [0.717, 1.165) is 25.7 Å². The van der Waals surface area contributed by atoms with Crippen molar-refractivity contribution >= 4 is 45.1 Å². The second-order valence-corrected chi connectivity index (χ2v) is 6.70. The number of allylic oxidation sites excluding steroid dienone is 1. The molecule has 0 rings (SSSR count). The third-order valence-corrected chi connectivity index (χ3v) is 3.74. The number of hydrogen-bond donors (Lipinski definition) is 1. The molecule has 0 radical (unpaired) electrons. The first-order valence-electron chi connectivity index (χ1n) is 7.71. The SMILES string of the molecule is CC=CC(=O)OCC(CCCCCC)C(=O)OCCS(=O)(=O)O.[MgH2]. The first-order chi connectivity index (χ1) is 10.8. The molecule has 0 aromatic heterocycles. The van der Waals surface area contributed by atoms with Gasteiger partial charge < -0.3 is 9.47 Å². The van der Waals surface area contributed by atoms with Gasteiger partial charge >= 0.3 is 35.0 Å². The van der Waals surface area contributed by atoms with Crippen LogP contribution in [0, 0.1) is 5.92 Å². The third kappa shape index (κ3) is 14.9. The Morgan fingerprint density at radius 1 is 1.17 bits per heavy atom. The Kier molecular flexibility index (Phi) is 15.7. The molecule has 0 aliphatic heterocycles. The fourth-order valence-electron chi connectivity index (χ4n) is 1.82. The van der Waals surface area contributed by atoms with Crippen molar-refractivity contribution in [1.82, 2.24) is 0 Å². The molecule has 138 valence electrons. The van der Waals surface area contributed by atoms with Gasteiger partial charge in [0.15, 0.2) is 0 Å². The van der Waals surface area contributed by atoms with E-state index in [2.05, 4.69) is 6.92 Å². The highest BCUT2D eigenvalue weighted by molar-refractivity contribution is 7.85. The van der Waals surface area contributed by atoms with Crippen LogP contribution >= 0.6 is 0 Å². The van der Waals surface area contributed by atoms with E-state index >= 15 is 0 Å². The molecule has 0 amide bonds. The second-order valence-electron chi connectivity index (χ2n) is 5.13. The molecule has 24 heavy (non-hydrogen) atoms. The van der Waals surface area contributed by atoms with Crippen molar-refractivity contribution in [2.45, 2.75) is 46.0 Å². The van der Waals surface area contributed by atoms with E-state index < -0.39 is 40.3 Å². The van der Waals surface area contributed by atoms with Gasteiger partial charge in [0.05, 0.1) is 5.92 Å². The summed E-state index contributed by atoms with van der Waals surface area (Å²) >= 11 is 0. The van der Waals surface area contributed by atoms with Crippen molar-refractivity contribution < 1.29 is 32.0 Å². The quantitative estimate of drug-likeness (QED) is 0.179. The molecule has 7 nitrogen and oxygen atoms in total. The van der Waals surface area contributed by atoms with E-state index in [-0.39, 0.29) is 29.7 Å². The third-order valence-electron chi connectivity index (χ3n) is 3.05. The summed E-state index contributed by atoms with van der Waals surface area (Å²) in [7, 11) is -4.17. The van der Waals surface area contributed by atoms with Crippen molar-refractivity contribution in [1.29, 1.82) is 0 Å². The van der Waals surface area contributed by atoms with Crippen LogP contribution in [0.25, 0.3) is 0 Å². The minimum Gasteiger partial charge on any atom is -0.464 e. The van der Waals surface area contributed by atoms with Crippen LogP contribution in [0.5, 0.6) is 0 Å². The Bertz CT molecular complexity index is 488. The molecule has 0 saturated carbocycles. The number of esters is 2. The lowest BCUT2D eigenvalue weighted by Gasteiger charge is -2.15. The maximum Gasteiger partial charge on any atom is 0.330 e. The molecule has 0 aromatic carbocycles. The van der Waals surface area contributed by atoms with Gasteiger partial charge in [-0.25, -0.2) is 4.79 Å². The highest BCUT2D eigenvalue weighted by Gasteiger charge is 2.22. The second kappa shape index (κ2) is 14.7. The van der Waals surface area contributed by atoms with Crippen molar-refractivity contribution in [3.05, 3.63) is 12.2 Å². The largest absolute Gasteiger partial charge is 0.464 e. The van der Waals surface area contributed by atoms with Crippen LogP contribution in [0.3, 0.4) is 0 Å². The summed E-state index contributed by atoms with van der Waals surface area (Å²) in [5, 5.41) is 0. The molecule has 9 heteroatoms. The van der Waals surface area contributed by atoms with Crippen molar-refractivity contribution in [2.24, 2.45) is 5.92 Å². The van der Waals surface area contributed by atoms with Gasteiger partial charge in [-0.2, -0.15) is 8.42 Å². The molecule has 0 spiro atoms. The Morgan fingerprint density at radius 2 is 1.83 bits per heavy atom. The van der Waals surface area contributed by atoms with Crippen LogP contribution in [0.15, 0.2) is 12.2 Å². The minimum absolute atomic E-state index is 0. The molecule has 0 aliphatic rings. The number of carbonyl (C=O) groups excluding carboxylic acids is 2. The molecular formula is C15H28MgO7S. The zero-order valence-electron chi connectivity index (χ0n) is 13.7. The minimum atomic E-state index is -4.17. The zero-order valence-corrected chi connectivity index (χ0v) is 14.5. The summed E-state index contributed by atoms with van der Waals surface area (Å²) < 4.78 is 39.6. The maximum absolute atomic E-state index is 12.0. The number of carbonyl (C=O) groups is 2. The molecule has 0 heterocycles. The average molecular weight is 377 g/mol. The fourth-order valence-corrected chi connectivity index (χ4v) is 2.11. The summed E-state index contributed by atoms with van der Waals surface area (Å²) in [6.07, 6.45) is 7.11. The lowest BCUT2D eigenvalue weighted by molar-refractivity contribution is -0.153. The van der Waals surface area contributed by atoms with Crippen LogP contribution in [-0.2, 0) is 29.2 Å². The highest BCUT2D eigenvalue weighted by Crippen LogP contribution is 2.14. The smallest absolute Gasteiger partial charge is 0.330 e. The van der Waals surface area contributed by atoms with E-state index in [0.29, 0.717) is 6.42 Å². The maximum atomic E-state index is 12.0. The number of rotatable bonds is 12. The van der Waals surface area contributed by atoms with Gasteiger partial charge in [-0.05, 0) is 13.3 Å². The van der Waals surface area contributed by atoms with Crippen LogP contribution in [0.1, 0.15) is 46.0 Å². The van der Waals surface area contributed by atoms with Crippen molar-refractivity contribution in [3.63, 3.8) is 0 Å². The normalized spacial score (nSPS) is 12.5. The molecule has 1 N–H and O–H groups in total. The van der Waals surface area contributed by atoms with Crippen molar-refractivity contribution in [2.75, 3.05) is 19.0 Å². The monoisotopic (exact) mass is 376 g/mol. The van der Waals surface area contributed by atoms with E-state index in [9.17, 15) is 18.0 Å². The highest BCUT2D eigenvalue weighted by atomic mass is 32.2. The van der Waals surface area contributed by atoms with E-state index in [1.54, 1.807) is 6.92 Å². The predicted molar refractivity (Wildman–Crippen MR) is 93.9 cm³/mol. The Hall–Kier alpha value is -0.644. The van der Waals surface area contributed by atoms with E-state index in [1.807, 2.05) is 0 Å². The molecule has 0 bridgehead atoms. The summed E-state index contributed by atoms with van der Waals surface area (Å²) in [6.45, 7) is 3.21. The van der Waals surface area contributed by atoms with Gasteiger partial charge in [-0.3, -0.25) is 9.35 Å². The van der Waals surface area contributed by atoms with E-state index in [1.165, 1.54) is 12.2 Å². The number of unbranched alkanes of at least 4 members (excludes halogenated alkanes) is 3. The summed E-state index contributed by atoms with van der Waals surface area (Å²) in [5.41, 5.74) is 0. The van der Waals surface area contributed by atoms with Gasteiger partial charge in [-0.15, -0.1) is 0 Å². The predicted octanol–water partition coefficient (Wildman–Crippen LogP) is 1.21.